The molecule has 1 aliphatic heterocycles. The third kappa shape index (κ3) is 4.43. The molecule has 3 aromatic carbocycles. The van der Waals surface area contributed by atoms with Crippen molar-refractivity contribution in [1.29, 1.82) is 0 Å². The molecule has 0 atom stereocenters. The van der Waals surface area contributed by atoms with E-state index in [2.05, 4.69) is 10.6 Å². The SMILES string of the molecule is CN(C)C(=O)COc1ccc(N/C(=C2\C(=O)Nc3ccccc32)c2ccccc2)cc1. The fourth-order valence-corrected chi connectivity index (χ4v) is 3.30. The van der Waals surface area contributed by atoms with E-state index >= 15 is 0 Å². The average molecular weight is 413 g/mol. The van der Waals surface area contributed by atoms with Crippen LogP contribution >= 0.6 is 0 Å². The molecule has 0 aliphatic carbocycles. The van der Waals surface area contributed by atoms with Crippen LogP contribution in [0.1, 0.15) is 11.1 Å². The molecule has 0 bridgehead atoms. The zero-order valence-electron chi connectivity index (χ0n) is 17.4. The molecule has 2 amide bonds. The number of likely N-dealkylation sites (N-methyl/N-ethyl adjacent to an activating group) is 1. The summed E-state index contributed by atoms with van der Waals surface area (Å²) in [6.45, 7) is -0.0178. The van der Waals surface area contributed by atoms with Gasteiger partial charge in [-0.15, -0.1) is 0 Å². The van der Waals surface area contributed by atoms with E-state index in [0.717, 1.165) is 28.2 Å². The quantitative estimate of drug-likeness (QED) is 0.598. The molecular formula is C25H23N3O3. The largest absolute Gasteiger partial charge is 0.484 e. The number of anilines is 2. The van der Waals surface area contributed by atoms with Gasteiger partial charge in [-0.2, -0.15) is 0 Å². The normalized spacial score (nSPS) is 13.8. The zero-order chi connectivity index (χ0) is 21.8. The number of para-hydroxylation sites is 1. The zero-order valence-corrected chi connectivity index (χ0v) is 17.4. The van der Waals surface area contributed by atoms with Crippen LogP contribution in [0.4, 0.5) is 11.4 Å². The molecular weight excluding hydrogens is 390 g/mol. The minimum atomic E-state index is -0.144. The Morgan fingerprint density at radius 3 is 2.32 bits per heavy atom. The molecule has 4 rings (SSSR count). The van der Waals surface area contributed by atoms with Crippen LogP contribution in [0, 0.1) is 0 Å². The van der Waals surface area contributed by atoms with E-state index in [4.69, 9.17) is 4.74 Å². The smallest absolute Gasteiger partial charge is 0.259 e. The standard InChI is InChI=1S/C25H23N3O3/c1-28(2)22(29)16-31-19-14-12-18(13-15-19)26-24(17-8-4-3-5-9-17)23-20-10-6-7-11-21(20)27-25(23)30/h3-15,26H,16H2,1-2H3,(H,27,30)/b24-23-. The maximum absolute atomic E-state index is 12.8. The van der Waals surface area contributed by atoms with Gasteiger partial charge in [0.1, 0.15) is 5.75 Å². The predicted molar refractivity (Wildman–Crippen MR) is 123 cm³/mol. The first-order chi connectivity index (χ1) is 15.0. The number of hydrogen-bond donors (Lipinski definition) is 2. The Balaban J connectivity index is 1.65. The van der Waals surface area contributed by atoms with E-state index in [1.165, 1.54) is 4.90 Å². The van der Waals surface area contributed by atoms with E-state index in [1.54, 1.807) is 26.2 Å². The Labute approximate surface area is 181 Å². The Hall–Kier alpha value is -4.06. The van der Waals surface area contributed by atoms with Crippen LogP contribution in [-0.2, 0) is 9.59 Å². The molecule has 0 spiro atoms. The number of carbonyl (C=O) groups is 2. The minimum Gasteiger partial charge on any atom is -0.484 e. The average Bonchev–Trinajstić information content (AvgIpc) is 3.12. The number of nitrogens with one attached hydrogen (secondary N) is 2. The molecule has 6 heteroatoms. The van der Waals surface area contributed by atoms with Gasteiger partial charge >= 0.3 is 0 Å². The molecule has 0 fully saturated rings. The molecule has 0 unspecified atom stereocenters. The maximum Gasteiger partial charge on any atom is 0.259 e. The number of ether oxygens (including phenoxy) is 1. The molecule has 1 aliphatic rings. The summed E-state index contributed by atoms with van der Waals surface area (Å²) in [6, 6.07) is 24.7. The van der Waals surface area contributed by atoms with Crippen LogP contribution in [0.3, 0.4) is 0 Å². The summed E-state index contributed by atoms with van der Waals surface area (Å²) in [6.07, 6.45) is 0. The summed E-state index contributed by atoms with van der Waals surface area (Å²) in [5, 5.41) is 6.34. The number of benzene rings is 3. The molecule has 3 aromatic rings. The third-order valence-corrected chi connectivity index (χ3v) is 4.97. The molecule has 0 aromatic heterocycles. The van der Waals surface area contributed by atoms with E-state index < -0.39 is 0 Å². The van der Waals surface area contributed by atoms with Gasteiger partial charge in [0.25, 0.3) is 11.8 Å². The van der Waals surface area contributed by atoms with E-state index in [9.17, 15) is 9.59 Å². The highest BCUT2D eigenvalue weighted by molar-refractivity contribution is 6.37. The predicted octanol–water partition coefficient (Wildman–Crippen LogP) is 4.09. The fraction of sp³-hybridized carbons (Fsp3) is 0.120. The summed E-state index contributed by atoms with van der Waals surface area (Å²) in [5.74, 6) is 0.345. The van der Waals surface area contributed by atoms with E-state index in [0.29, 0.717) is 11.3 Å². The second-order valence-electron chi connectivity index (χ2n) is 7.34. The van der Waals surface area contributed by atoms with Gasteiger partial charge in [0.05, 0.1) is 11.3 Å². The molecule has 31 heavy (non-hydrogen) atoms. The van der Waals surface area contributed by atoms with Crippen molar-refractivity contribution in [2.24, 2.45) is 0 Å². The van der Waals surface area contributed by atoms with E-state index in [1.807, 2.05) is 66.7 Å². The van der Waals surface area contributed by atoms with E-state index in [-0.39, 0.29) is 18.4 Å². The maximum atomic E-state index is 12.8. The topological polar surface area (TPSA) is 70.7 Å². The monoisotopic (exact) mass is 413 g/mol. The molecule has 0 radical (unpaired) electrons. The summed E-state index contributed by atoms with van der Waals surface area (Å²) >= 11 is 0. The Morgan fingerprint density at radius 1 is 0.935 bits per heavy atom. The lowest BCUT2D eigenvalue weighted by atomic mass is 10.00. The van der Waals surface area contributed by atoms with Crippen molar-refractivity contribution in [3.05, 3.63) is 90.0 Å². The number of fused-ring (bicyclic) bond motifs is 1. The fourth-order valence-electron chi connectivity index (χ4n) is 3.30. The Kier molecular flexibility index (Phi) is 5.71. The molecule has 6 nitrogen and oxygen atoms in total. The van der Waals surface area contributed by atoms with Crippen LogP contribution in [0.25, 0.3) is 11.3 Å². The lowest BCUT2D eigenvalue weighted by Crippen LogP contribution is -2.27. The number of rotatable bonds is 6. The van der Waals surface area contributed by atoms with Crippen molar-refractivity contribution >= 4 is 34.5 Å². The van der Waals surface area contributed by atoms with Crippen molar-refractivity contribution in [3.8, 4) is 5.75 Å². The van der Waals surface area contributed by atoms with Crippen LogP contribution in [0.15, 0.2) is 78.9 Å². The molecule has 1 heterocycles. The van der Waals surface area contributed by atoms with Crippen LogP contribution in [-0.4, -0.2) is 37.4 Å². The van der Waals surface area contributed by atoms with Gasteiger partial charge in [-0.25, -0.2) is 0 Å². The van der Waals surface area contributed by atoms with Gasteiger partial charge < -0.3 is 20.3 Å². The summed E-state index contributed by atoms with van der Waals surface area (Å²) in [7, 11) is 3.38. The summed E-state index contributed by atoms with van der Waals surface area (Å²) in [5.41, 5.74) is 4.68. The highest BCUT2D eigenvalue weighted by Crippen LogP contribution is 2.37. The molecule has 0 saturated carbocycles. The highest BCUT2D eigenvalue weighted by atomic mass is 16.5. The Bertz CT molecular complexity index is 1140. The number of amides is 2. The van der Waals surface area contributed by atoms with Crippen molar-refractivity contribution in [1.82, 2.24) is 4.90 Å². The van der Waals surface area contributed by atoms with Gasteiger partial charge in [0.15, 0.2) is 6.61 Å². The van der Waals surface area contributed by atoms with Crippen LogP contribution < -0.4 is 15.4 Å². The number of nitrogens with zero attached hydrogens (tertiary/aromatic N) is 1. The lowest BCUT2D eigenvalue weighted by Gasteiger charge is -2.15. The minimum absolute atomic E-state index is 0.0178. The van der Waals surface area contributed by atoms with Crippen molar-refractivity contribution < 1.29 is 14.3 Å². The third-order valence-electron chi connectivity index (χ3n) is 4.97. The summed E-state index contributed by atoms with van der Waals surface area (Å²) < 4.78 is 5.54. The van der Waals surface area contributed by atoms with Crippen molar-refractivity contribution in [3.63, 3.8) is 0 Å². The second-order valence-corrected chi connectivity index (χ2v) is 7.34. The number of carbonyl (C=O) groups excluding carboxylic acids is 2. The molecule has 0 saturated heterocycles. The van der Waals surface area contributed by atoms with Crippen LogP contribution in [0.2, 0.25) is 0 Å². The van der Waals surface area contributed by atoms with Gasteiger partial charge in [-0.1, -0.05) is 48.5 Å². The van der Waals surface area contributed by atoms with Crippen LogP contribution in [0.5, 0.6) is 5.75 Å². The second kappa shape index (κ2) is 8.75. The first-order valence-electron chi connectivity index (χ1n) is 9.93. The number of hydrogen-bond acceptors (Lipinski definition) is 4. The highest BCUT2D eigenvalue weighted by Gasteiger charge is 2.28. The van der Waals surface area contributed by atoms with Gasteiger partial charge in [-0.3, -0.25) is 9.59 Å². The van der Waals surface area contributed by atoms with Gasteiger partial charge in [0, 0.05) is 31.0 Å². The van der Waals surface area contributed by atoms with Crippen molar-refractivity contribution in [2.45, 2.75) is 0 Å². The van der Waals surface area contributed by atoms with Crippen molar-refractivity contribution in [2.75, 3.05) is 31.3 Å². The van der Waals surface area contributed by atoms with Gasteiger partial charge in [-0.05, 0) is 35.9 Å². The first-order valence-corrected chi connectivity index (χ1v) is 9.93. The lowest BCUT2D eigenvalue weighted by molar-refractivity contribution is -0.130. The molecule has 2 N–H and O–H groups in total. The summed E-state index contributed by atoms with van der Waals surface area (Å²) in [4.78, 5) is 26.0. The molecule has 156 valence electrons. The Morgan fingerprint density at radius 2 is 1.61 bits per heavy atom. The first kappa shape index (κ1) is 20.2. The van der Waals surface area contributed by atoms with Gasteiger partial charge in [0.2, 0.25) is 0 Å².